The standard InChI is InChI=1S/C16H26N2O4/c1-21-15(20)16(5-6-22-9-16)18-14(19)12-7-10-3-2-4-11(8-12)13(10)17/h10-13H,2-9,17H2,1H3,(H,18,19). The molecule has 124 valence electrons. The number of amides is 1. The number of rotatable bonds is 3. The Morgan fingerprint density at radius 3 is 2.50 bits per heavy atom. The summed E-state index contributed by atoms with van der Waals surface area (Å²) in [5.74, 6) is 0.386. The summed E-state index contributed by atoms with van der Waals surface area (Å²) in [6, 6.07) is 0.238. The van der Waals surface area contributed by atoms with Crippen molar-refractivity contribution in [2.45, 2.75) is 50.1 Å². The molecule has 2 aliphatic carbocycles. The van der Waals surface area contributed by atoms with Gasteiger partial charge in [-0.1, -0.05) is 6.42 Å². The van der Waals surface area contributed by atoms with Gasteiger partial charge in [-0.15, -0.1) is 0 Å². The summed E-state index contributed by atoms with van der Waals surface area (Å²) in [6.45, 7) is 0.667. The monoisotopic (exact) mass is 310 g/mol. The van der Waals surface area contributed by atoms with Gasteiger partial charge in [0.25, 0.3) is 0 Å². The van der Waals surface area contributed by atoms with Crippen molar-refractivity contribution in [2.24, 2.45) is 23.5 Å². The Morgan fingerprint density at radius 1 is 1.27 bits per heavy atom. The van der Waals surface area contributed by atoms with Crippen molar-refractivity contribution in [3.05, 3.63) is 0 Å². The summed E-state index contributed by atoms with van der Waals surface area (Å²) >= 11 is 0. The molecule has 1 saturated heterocycles. The number of ether oxygens (including phenoxy) is 2. The fourth-order valence-electron chi connectivity index (χ4n) is 4.41. The molecule has 3 rings (SSSR count). The molecular weight excluding hydrogens is 284 g/mol. The third-order valence-corrected chi connectivity index (χ3v) is 5.74. The van der Waals surface area contributed by atoms with Gasteiger partial charge in [0.15, 0.2) is 5.54 Å². The van der Waals surface area contributed by atoms with Crippen molar-refractivity contribution in [3.8, 4) is 0 Å². The third kappa shape index (κ3) is 2.74. The lowest BCUT2D eigenvalue weighted by atomic mass is 9.65. The van der Waals surface area contributed by atoms with Gasteiger partial charge in [-0.3, -0.25) is 4.79 Å². The minimum absolute atomic E-state index is 0.0419. The fourth-order valence-corrected chi connectivity index (χ4v) is 4.41. The predicted octanol–water partition coefficient (Wildman–Crippen LogP) is 0.588. The second kappa shape index (κ2) is 6.16. The number of hydrogen-bond donors (Lipinski definition) is 2. The van der Waals surface area contributed by atoms with Crippen LogP contribution in [0.1, 0.15) is 38.5 Å². The van der Waals surface area contributed by atoms with Gasteiger partial charge in [-0.05, 0) is 37.5 Å². The van der Waals surface area contributed by atoms with Crippen molar-refractivity contribution in [1.29, 1.82) is 0 Å². The van der Waals surface area contributed by atoms with E-state index in [4.69, 9.17) is 15.2 Å². The van der Waals surface area contributed by atoms with Crippen molar-refractivity contribution in [3.63, 3.8) is 0 Å². The number of nitrogens with one attached hydrogen (secondary N) is 1. The fraction of sp³-hybridized carbons (Fsp3) is 0.875. The average molecular weight is 310 g/mol. The highest BCUT2D eigenvalue weighted by molar-refractivity contribution is 5.89. The topological polar surface area (TPSA) is 90.7 Å². The van der Waals surface area contributed by atoms with E-state index in [1.165, 1.54) is 13.5 Å². The number of hydrogen-bond acceptors (Lipinski definition) is 5. The Hall–Kier alpha value is -1.14. The number of esters is 1. The van der Waals surface area contributed by atoms with Gasteiger partial charge in [-0.2, -0.15) is 0 Å². The highest BCUT2D eigenvalue weighted by atomic mass is 16.5. The van der Waals surface area contributed by atoms with E-state index >= 15 is 0 Å². The van der Waals surface area contributed by atoms with E-state index in [0.29, 0.717) is 24.9 Å². The number of carbonyl (C=O) groups excluding carboxylic acids is 2. The minimum Gasteiger partial charge on any atom is -0.467 e. The van der Waals surface area contributed by atoms with E-state index in [0.717, 1.165) is 25.7 Å². The maximum atomic E-state index is 12.7. The van der Waals surface area contributed by atoms with E-state index in [9.17, 15) is 9.59 Å². The van der Waals surface area contributed by atoms with E-state index in [2.05, 4.69) is 5.32 Å². The maximum absolute atomic E-state index is 12.7. The van der Waals surface area contributed by atoms with Crippen LogP contribution in [0.15, 0.2) is 0 Å². The Labute approximate surface area is 131 Å². The van der Waals surface area contributed by atoms with Crippen LogP contribution in [0.5, 0.6) is 0 Å². The first kappa shape index (κ1) is 15.7. The van der Waals surface area contributed by atoms with Gasteiger partial charge in [0.1, 0.15) is 0 Å². The van der Waals surface area contributed by atoms with Crippen LogP contribution in [-0.4, -0.2) is 43.8 Å². The summed E-state index contributed by atoms with van der Waals surface area (Å²) < 4.78 is 10.2. The van der Waals surface area contributed by atoms with E-state index in [1.54, 1.807) is 0 Å². The van der Waals surface area contributed by atoms with Crippen LogP contribution in [0.25, 0.3) is 0 Å². The third-order valence-electron chi connectivity index (χ3n) is 5.74. The summed E-state index contributed by atoms with van der Waals surface area (Å²) in [7, 11) is 1.35. The van der Waals surface area contributed by atoms with Crippen LogP contribution < -0.4 is 11.1 Å². The molecule has 2 bridgehead atoms. The number of fused-ring (bicyclic) bond motifs is 2. The second-order valence-corrected chi connectivity index (χ2v) is 7.06. The van der Waals surface area contributed by atoms with Crippen LogP contribution in [0.3, 0.4) is 0 Å². The molecule has 0 aromatic carbocycles. The van der Waals surface area contributed by atoms with Crippen LogP contribution in [0, 0.1) is 17.8 Å². The van der Waals surface area contributed by atoms with Gasteiger partial charge in [0, 0.05) is 25.0 Å². The Bertz CT molecular complexity index is 433. The molecule has 0 aromatic heterocycles. The molecule has 2 saturated carbocycles. The molecule has 3 aliphatic rings. The van der Waals surface area contributed by atoms with Crippen LogP contribution in [-0.2, 0) is 19.1 Å². The Morgan fingerprint density at radius 2 is 1.95 bits per heavy atom. The molecule has 0 radical (unpaired) electrons. The summed E-state index contributed by atoms with van der Waals surface area (Å²) in [4.78, 5) is 24.8. The lowest BCUT2D eigenvalue weighted by molar-refractivity contribution is -0.152. The zero-order chi connectivity index (χ0) is 15.7. The van der Waals surface area contributed by atoms with Gasteiger partial charge in [-0.25, -0.2) is 4.79 Å². The molecule has 0 aromatic rings. The second-order valence-electron chi connectivity index (χ2n) is 7.06. The molecule has 6 heteroatoms. The first-order valence-corrected chi connectivity index (χ1v) is 8.29. The SMILES string of the molecule is COC(=O)C1(NC(=O)C2CC3CCCC(C2)C3N)CCOC1. The molecule has 3 N–H and O–H groups in total. The van der Waals surface area contributed by atoms with Gasteiger partial charge < -0.3 is 20.5 Å². The average Bonchev–Trinajstić information content (AvgIpc) is 2.95. The smallest absolute Gasteiger partial charge is 0.334 e. The van der Waals surface area contributed by atoms with Crippen molar-refractivity contribution in [2.75, 3.05) is 20.3 Å². The summed E-state index contributed by atoms with van der Waals surface area (Å²) in [5, 5.41) is 2.94. The first-order chi connectivity index (χ1) is 10.6. The van der Waals surface area contributed by atoms with Crippen molar-refractivity contribution >= 4 is 11.9 Å². The van der Waals surface area contributed by atoms with E-state index < -0.39 is 11.5 Å². The van der Waals surface area contributed by atoms with Crippen LogP contribution in [0.4, 0.5) is 0 Å². The lowest BCUT2D eigenvalue weighted by Gasteiger charge is -2.44. The zero-order valence-electron chi connectivity index (χ0n) is 13.2. The number of carbonyl (C=O) groups is 2. The van der Waals surface area contributed by atoms with E-state index in [-0.39, 0.29) is 24.5 Å². The molecule has 22 heavy (non-hydrogen) atoms. The zero-order valence-corrected chi connectivity index (χ0v) is 13.2. The maximum Gasteiger partial charge on any atom is 0.334 e. The molecule has 6 nitrogen and oxygen atoms in total. The molecule has 0 spiro atoms. The number of methoxy groups -OCH3 is 1. The van der Waals surface area contributed by atoms with Gasteiger partial charge >= 0.3 is 5.97 Å². The molecular formula is C16H26N2O4. The van der Waals surface area contributed by atoms with E-state index in [1.807, 2.05) is 0 Å². The minimum atomic E-state index is -0.999. The summed E-state index contributed by atoms with van der Waals surface area (Å²) in [5.41, 5.74) is 5.28. The normalized spacial score (nSPS) is 41.0. The Kier molecular flexibility index (Phi) is 4.41. The van der Waals surface area contributed by atoms with Crippen LogP contribution >= 0.6 is 0 Å². The van der Waals surface area contributed by atoms with Crippen molar-refractivity contribution < 1.29 is 19.1 Å². The van der Waals surface area contributed by atoms with Crippen LogP contribution in [0.2, 0.25) is 0 Å². The summed E-state index contributed by atoms with van der Waals surface area (Å²) in [6.07, 6.45) is 5.60. The molecule has 3 atom stereocenters. The molecule has 1 amide bonds. The predicted molar refractivity (Wildman–Crippen MR) is 79.9 cm³/mol. The Balaban J connectivity index is 1.67. The highest BCUT2D eigenvalue weighted by Crippen LogP contribution is 2.42. The molecule has 1 aliphatic heterocycles. The molecule has 1 heterocycles. The lowest BCUT2D eigenvalue weighted by Crippen LogP contribution is -2.58. The largest absolute Gasteiger partial charge is 0.467 e. The number of nitrogens with two attached hydrogens (primary N) is 1. The van der Waals surface area contributed by atoms with Crippen molar-refractivity contribution in [1.82, 2.24) is 5.32 Å². The highest BCUT2D eigenvalue weighted by Gasteiger charge is 2.47. The molecule has 3 fully saturated rings. The first-order valence-electron chi connectivity index (χ1n) is 8.29. The quantitative estimate of drug-likeness (QED) is 0.745. The van der Waals surface area contributed by atoms with Gasteiger partial charge in [0.05, 0.1) is 13.7 Å². The van der Waals surface area contributed by atoms with Gasteiger partial charge in [0.2, 0.25) is 5.91 Å². The molecule has 3 unspecified atom stereocenters.